The Labute approximate surface area is 135 Å². The van der Waals surface area contributed by atoms with E-state index in [1.165, 1.54) is 30.8 Å². The van der Waals surface area contributed by atoms with Crippen LogP contribution in [0, 0.1) is 17.3 Å². The molecule has 2 aliphatic rings. The molecule has 2 saturated heterocycles. The molecule has 3 unspecified atom stereocenters. The largest absolute Gasteiger partial charge is 0.375 e. The van der Waals surface area contributed by atoms with Gasteiger partial charge in [-0.2, -0.15) is 11.8 Å². The Morgan fingerprint density at radius 3 is 2.57 bits per heavy atom. The number of hydrogen-bond donors (Lipinski definition) is 2. The summed E-state index contributed by atoms with van der Waals surface area (Å²) in [5, 5.41) is 0. The van der Waals surface area contributed by atoms with Crippen molar-refractivity contribution < 1.29 is 4.74 Å². The fourth-order valence-corrected chi connectivity index (χ4v) is 4.87. The molecule has 0 aliphatic carbocycles. The van der Waals surface area contributed by atoms with Crippen LogP contribution in [-0.2, 0) is 4.74 Å². The van der Waals surface area contributed by atoms with Crippen LogP contribution in [0.25, 0.3) is 0 Å². The monoisotopic (exact) mass is 314 g/mol. The van der Waals surface area contributed by atoms with Gasteiger partial charge in [0.15, 0.2) is 0 Å². The van der Waals surface area contributed by atoms with Gasteiger partial charge in [-0.3, -0.25) is 11.3 Å². The maximum Gasteiger partial charge on any atom is 0.0701 e. The molecule has 2 rings (SSSR count). The summed E-state index contributed by atoms with van der Waals surface area (Å²) >= 11 is 2.07. The minimum atomic E-state index is 0.161. The molecule has 3 nitrogen and oxygen atoms in total. The molecule has 0 aromatic carbocycles. The summed E-state index contributed by atoms with van der Waals surface area (Å²) in [5.41, 5.74) is 3.64. The summed E-state index contributed by atoms with van der Waals surface area (Å²) in [6.07, 6.45) is 5.95. The van der Waals surface area contributed by atoms with Crippen molar-refractivity contribution in [3.8, 4) is 0 Å². The van der Waals surface area contributed by atoms with Crippen molar-refractivity contribution in [2.75, 3.05) is 18.1 Å². The van der Waals surface area contributed by atoms with E-state index in [4.69, 9.17) is 10.6 Å². The highest BCUT2D eigenvalue weighted by atomic mass is 32.2. The Morgan fingerprint density at radius 1 is 1.33 bits per heavy atom. The minimum absolute atomic E-state index is 0.161. The second-order valence-electron chi connectivity index (χ2n) is 8.17. The molecule has 2 fully saturated rings. The number of thioether (sulfide) groups is 1. The molecule has 4 heteroatoms. The van der Waals surface area contributed by atoms with Gasteiger partial charge in [0, 0.05) is 12.6 Å². The van der Waals surface area contributed by atoms with Crippen LogP contribution in [0.4, 0.5) is 0 Å². The summed E-state index contributed by atoms with van der Waals surface area (Å²) < 4.78 is 6.22. The summed E-state index contributed by atoms with van der Waals surface area (Å²) in [5.74, 6) is 9.76. The predicted octanol–water partition coefficient (Wildman–Crippen LogP) is 3.58. The first-order valence-corrected chi connectivity index (χ1v) is 9.70. The van der Waals surface area contributed by atoms with Gasteiger partial charge < -0.3 is 4.74 Å². The Bertz CT molecular complexity index is 318. The Balaban J connectivity index is 1.97. The summed E-state index contributed by atoms with van der Waals surface area (Å²) in [4.78, 5) is 0. The van der Waals surface area contributed by atoms with E-state index in [-0.39, 0.29) is 5.60 Å². The van der Waals surface area contributed by atoms with E-state index in [1.54, 1.807) is 0 Å². The molecule has 0 amide bonds. The topological polar surface area (TPSA) is 47.3 Å². The zero-order chi connectivity index (χ0) is 15.5. The van der Waals surface area contributed by atoms with Crippen molar-refractivity contribution in [2.24, 2.45) is 23.1 Å². The highest BCUT2D eigenvalue weighted by Gasteiger charge is 2.41. The first-order valence-electron chi connectivity index (χ1n) is 8.54. The third kappa shape index (κ3) is 4.60. The van der Waals surface area contributed by atoms with Crippen LogP contribution < -0.4 is 11.3 Å². The number of hydrazine groups is 1. The maximum atomic E-state index is 6.22. The normalized spacial score (nSPS) is 29.3. The molecule has 0 saturated carbocycles. The smallest absolute Gasteiger partial charge is 0.0701 e. The molecule has 1 spiro atoms. The summed E-state index contributed by atoms with van der Waals surface area (Å²) in [6.45, 7) is 10.3. The van der Waals surface area contributed by atoms with Gasteiger partial charge in [0.25, 0.3) is 0 Å². The van der Waals surface area contributed by atoms with Crippen LogP contribution >= 0.6 is 11.8 Å². The lowest BCUT2D eigenvalue weighted by atomic mass is 9.73. The third-order valence-electron chi connectivity index (χ3n) is 5.80. The van der Waals surface area contributed by atoms with E-state index in [9.17, 15) is 0 Å². The molecule has 124 valence electrons. The number of hydrogen-bond acceptors (Lipinski definition) is 4. The first-order chi connectivity index (χ1) is 9.86. The lowest BCUT2D eigenvalue weighted by Gasteiger charge is -2.46. The molecule has 0 radical (unpaired) electrons. The van der Waals surface area contributed by atoms with Crippen LogP contribution in [0.2, 0.25) is 0 Å². The second kappa shape index (κ2) is 7.20. The second-order valence-corrected chi connectivity index (χ2v) is 9.40. The lowest BCUT2D eigenvalue weighted by molar-refractivity contribution is -0.108. The molecule has 0 bridgehead atoms. The van der Waals surface area contributed by atoms with Crippen LogP contribution in [0.3, 0.4) is 0 Å². The Hall–Kier alpha value is 0.230. The third-order valence-corrected chi connectivity index (χ3v) is 6.79. The fourth-order valence-electron chi connectivity index (χ4n) is 3.63. The highest BCUT2D eigenvalue weighted by Crippen LogP contribution is 2.42. The number of nitrogens with two attached hydrogens (primary N) is 1. The van der Waals surface area contributed by atoms with Crippen molar-refractivity contribution in [1.82, 2.24) is 5.43 Å². The fraction of sp³-hybridized carbons (Fsp3) is 1.00. The minimum Gasteiger partial charge on any atom is -0.375 e. The average Bonchev–Trinajstić information content (AvgIpc) is 2.44. The number of nitrogens with one attached hydrogen (secondary N) is 1. The van der Waals surface area contributed by atoms with E-state index in [1.807, 2.05) is 0 Å². The predicted molar refractivity (Wildman–Crippen MR) is 92.3 cm³/mol. The van der Waals surface area contributed by atoms with E-state index in [0.29, 0.717) is 23.3 Å². The molecule has 3 atom stereocenters. The van der Waals surface area contributed by atoms with Gasteiger partial charge in [-0.1, -0.05) is 27.7 Å². The standard InChI is InChI=1S/C17H34N2OS/c1-13(16(2,3)4)11-15(19-18)14-5-8-20-17(12-14)6-9-21-10-7-17/h13-15,19H,5-12,18H2,1-4H3. The molecule has 3 N–H and O–H groups in total. The van der Waals surface area contributed by atoms with Crippen LogP contribution in [-0.4, -0.2) is 29.8 Å². The molecular weight excluding hydrogens is 280 g/mol. The lowest BCUT2D eigenvalue weighted by Crippen LogP contribution is -2.50. The van der Waals surface area contributed by atoms with E-state index < -0.39 is 0 Å². The first kappa shape index (κ1) is 17.6. The molecule has 2 heterocycles. The van der Waals surface area contributed by atoms with E-state index >= 15 is 0 Å². The van der Waals surface area contributed by atoms with Gasteiger partial charge in [0.2, 0.25) is 0 Å². The van der Waals surface area contributed by atoms with Crippen LogP contribution in [0.1, 0.15) is 59.8 Å². The maximum absolute atomic E-state index is 6.22. The van der Waals surface area contributed by atoms with E-state index in [0.717, 1.165) is 19.4 Å². The van der Waals surface area contributed by atoms with Crippen molar-refractivity contribution in [2.45, 2.75) is 71.4 Å². The van der Waals surface area contributed by atoms with E-state index in [2.05, 4.69) is 44.9 Å². The van der Waals surface area contributed by atoms with Gasteiger partial charge in [-0.15, -0.1) is 0 Å². The summed E-state index contributed by atoms with van der Waals surface area (Å²) in [7, 11) is 0. The highest BCUT2D eigenvalue weighted by molar-refractivity contribution is 7.99. The molecule has 2 aliphatic heterocycles. The SMILES string of the molecule is CC(CC(NN)C1CCOC2(CCSCC2)C1)C(C)(C)C. The van der Waals surface area contributed by atoms with Gasteiger partial charge in [-0.05, 0) is 60.9 Å². The average molecular weight is 315 g/mol. The van der Waals surface area contributed by atoms with Crippen molar-refractivity contribution in [3.63, 3.8) is 0 Å². The van der Waals surface area contributed by atoms with Crippen molar-refractivity contribution in [1.29, 1.82) is 0 Å². The quantitative estimate of drug-likeness (QED) is 0.615. The zero-order valence-corrected chi connectivity index (χ0v) is 15.1. The number of rotatable bonds is 4. The Kier molecular flexibility index (Phi) is 6.03. The zero-order valence-electron chi connectivity index (χ0n) is 14.3. The van der Waals surface area contributed by atoms with Gasteiger partial charge >= 0.3 is 0 Å². The van der Waals surface area contributed by atoms with Crippen molar-refractivity contribution in [3.05, 3.63) is 0 Å². The molecular formula is C17H34N2OS. The van der Waals surface area contributed by atoms with Crippen LogP contribution in [0.5, 0.6) is 0 Å². The van der Waals surface area contributed by atoms with Gasteiger partial charge in [0.05, 0.1) is 5.60 Å². The summed E-state index contributed by atoms with van der Waals surface area (Å²) in [6, 6.07) is 0.426. The molecule has 0 aromatic rings. The van der Waals surface area contributed by atoms with Gasteiger partial charge in [0.1, 0.15) is 0 Å². The van der Waals surface area contributed by atoms with Crippen molar-refractivity contribution >= 4 is 11.8 Å². The molecule has 0 aromatic heterocycles. The van der Waals surface area contributed by atoms with Gasteiger partial charge in [-0.25, -0.2) is 0 Å². The number of ether oxygens (including phenoxy) is 1. The van der Waals surface area contributed by atoms with Crippen LogP contribution in [0.15, 0.2) is 0 Å². The molecule has 21 heavy (non-hydrogen) atoms. The Morgan fingerprint density at radius 2 is 2.00 bits per heavy atom.